The summed E-state index contributed by atoms with van der Waals surface area (Å²) in [4.78, 5) is 9.02. The second kappa shape index (κ2) is 9.90. The molecule has 3 aromatic rings. The van der Waals surface area contributed by atoms with Crippen LogP contribution >= 0.6 is 0 Å². The number of nitrogens with zero attached hydrogens (tertiary/aromatic N) is 3. The van der Waals surface area contributed by atoms with Gasteiger partial charge in [0.25, 0.3) is 0 Å². The lowest BCUT2D eigenvalue weighted by atomic mass is 10.0. The fourth-order valence-electron chi connectivity index (χ4n) is 5.53. The highest BCUT2D eigenvalue weighted by molar-refractivity contribution is 7.93. The van der Waals surface area contributed by atoms with Gasteiger partial charge in [0.2, 0.25) is 0 Å². The van der Waals surface area contributed by atoms with E-state index in [9.17, 15) is 13.7 Å². The van der Waals surface area contributed by atoms with Crippen LogP contribution in [0, 0.1) is 12.7 Å². The maximum Gasteiger partial charge on any atom is 0.151 e. The predicted molar refractivity (Wildman–Crippen MR) is 137 cm³/mol. The molecule has 4 heterocycles. The molecule has 0 unspecified atom stereocenters. The zero-order valence-electron chi connectivity index (χ0n) is 20.6. The van der Waals surface area contributed by atoms with Crippen LogP contribution in [0.2, 0.25) is 0 Å². The van der Waals surface area contributed by atoms with Crippen molar-refractivity contribution < 1.29 is 27.9 Å². The molecule has 0 radical (unpaired) electrons. The number of aromatic nitrogens is 2. The molecule has 2 aromatic carbocycles. The van der Waals surface area contributed by atoms with E-state index in [0.29, 0.717) is 29.4 Å². The lowest BCUT2D eigenvalue weighted by Crippen LogP contribution is -2.34. The summed E-state index contributed by atoms with van der Waals surface area (Å²) < 4.78 is 49.5. The second-order valence-corrected chi connectivity index (χ2v) is 12.6. The zero-order chi connectivity index (χ0) is 25.6. The van der Waals surface area contributed by atoms with Crippen LogP contribution in [0.5, 0.6) is 5.75 Å². The van der Waals surface area contributed by atoms with Crippen LogP contribution in [-0.4, -0.2) is 68.4 Å². The van der Waals surface area contributed by atoms with Crippen LogP contribution in [0.1, 0.15) is 36.1 Å². The minimum Gasteiger partial charge on any atom is -0.485 e. The van der Waals surface area contributed by atoms with Gasteiger partial charge < -0.3 is 19.3 Å². The molecule has 10 heteroatoms. The van der Waals surface area contributed by atoms with Crippen molar-refractivity contribution in [2.24, 2.45) is 4.36 Å². The molecule has 3 saturated heterocycles. The summed E-state index contributed by atoms with van der Waals surface area (Å²) in [6, 6.07) is 8.28. The molecule has 4 atom stereocenters. The monoisotopic (exact) mass is 527 g/mol. The Bertz CT molecular complexity index is 1450. The molecule has 6 rings (SSSR count). The quantitative estimate of drug-likeness (QED) is 0.538. The SMILES string of the molecule is Cc1cc(N=S2(=O)CCCCC2)cc2ncnc(Cc3ccc(F)cc3O[C@@H]3CO[C@H]4[C@@H]3OC[C@H]4O)c12. The van der Waals surface area contributed by atoms with Gasteiger partial charge in [-0.25, -0.2) is 18.6 Å². The standard InChI is InChI=1S/C27H30FN3O5S/c1-16-9-19(31-37(33)7-3-2-4-8-37)12-21-25(16)20(29-15-30-21)10-17-5-6-18(28)11-23(17)36-24-14-35-26-22(32)13-34-27(24)26/h5-6,9,11-12,15,22,24,26-27,32H,2-4,7-8,10,13-14H2,1H3/t22-,24-,26-,27-/m1/s1. The van der Waals surface area contributed by atoms with Crippen molar-refractivity contribution in [1.29, 1.82) is 0 Å². The van der Waals surface area contributed by atoms with E-state index in [4.69, 9.17) is 14.2 Å². The third-order valence-corrected chi connectivity index (χ3v) is 9.74. The third-order valence-electron chi connectivity index (χ3n) is 7.34. The van der Waals surface area contributed by atoms with E-state index in [2.05, 4.69) is 14.3 Å². The van der Waals surface area contributed by atoms with Gasteiger partial charge in [-0.2, -0.15) is 4.36 Å². The summed E-state index contributed by atoms with van der Waals surface area (Å²) >= 11 is 0. The normalized spacial score (nSPS) is 26.8. The van der Waals surface area contributed by atoms with Gasteiger partial charge in [0.05, 0.1) is 39.8 Å². The minimum absolute atomic E-state index is 0.195. The molecule has 0 spiro atoms. The molecule has 3 aliphatic heterocycles. The number of halogens is 1. The Labute approximate surface area is 215 Å². The van der Waals surface area contributed by atoms with Crippen molar-refractivity contribution in [2.45, 2.75) is 57.0 Å². The molecular formula is C27H30FN3O5S. The number of benzene rings is 2. The first-order valence-electron chi connectivity index (χ1n) is 12.7. The van der Waals surface area contributed by atoms with E-state index >= 15 is 0 Å². The van der Waals surface area contributed by atoms with Crippen LogP contribution < -0.4 is 4.74 Å². The number of ether oxygens (including phenoxy) is 3. The first-order chi connectivity index (χ1) is 17.9. The number of aliphatic hydroxyl groups is 1. The van der Waals surface area contributed by atoms with E-state index in [1.54, 1.807) is 6.07 Å². The van der Waals surface area contributed by atoms with Crippen molar-refractivity contribution >= 4 is 26.3 Å². The number of rotatable bonds is 5. The Hall–Kier alpha value is -2.66. The summed E-state index contributed by atoms with van der Waals surface area (Å²) in [7, 11) is -2.22. The molecule has 0 bridgehead atoms. The zero-order valence-corrected chi connectivity index (χ0v) is 21.5. The number of hydrogen-bond donors (Lipinski definition) is 1. The molecule has 0 aliphatic carbocycles. The van der Waals surface area contributed by atoms with E-state index in [1.165, 1.54) is 18.5 Å². The molecule has 1 aromatic heterocycles. The molecule has 3 fully saturated rings. The molecule has 0 saturated carbocycles. The topological polar surface area (TPSA) is 103 Å². The van der Waals surface area contributed by atoms with Crippen LogP contribution in [0.15, 0.2) is 41.0 Å². The van der Waals surface area contributed by atoms with Gasteiger partial charge in [-0.1, -0.05) is 12.5 Å². The summed E-state index contributed by atoms with van der Waals surface area (Å²) in [6.45, 7) is 2.43. The van der Waals surface area contributed by atoms with Gasteiger partial charge in [-0.05, 0) is 43.5 Å². The summed E-state index contributed by atoms with van der Waals surface area (Å²) in [5, 5.41) is 10.9. The molecule has 1 N–H and O–H groups in total. The first kappa shape index (κ1) is 24.7. The third kappa shape index (κ3) is 4.95. The molecule has 8 nitrogen and oxygen atoms in total. The number of aliphatic hydroxyl groups excluding tert-OH is 1. The Morgan fingerprint density at radius 3 is 2.76 bits per heavy atom. The highest BCUT2D eigenvalue weighted by Crippen LogP contribution is 2.34. The summed E-state index contributed by atoms with van der Waals surface area (Å²) in [5.41, 5.74) is 3.90. The lowest BCUT2D eigenvalue weighted by molar-refractivity contribution is 0.00843. The Morgan fingerprint density at radius 1 is 1.11 bits per heavy atom. The highest BCUT2D eigenvalue weighted by Gasteiger charge is 2.48. The Kier molecular flexibility index (Phi) is 6.60. The first-order valence-corrected chi connectivity index (χ1v) is 14.6. The molecule has 3 aliphatic rings. The van der Waals surface area contributed by atoms with E-state index in [0.717, 1.165) is 47.0 Å². The Balaban J connectivity index is 1.31. The molecule has 0 amide bonds. The van der Waals surface area contributed by atoms with E-state index in [1.807, 2.05) is 19.1 Å². The number of hydrogen-bond acceptors (Lipinski definition) is 8. The average Bonchev–Trinajstić information content (AvgIpc) is 3.44. The molecule has 196 valence electrons. The largest absolute Gasteiger partial charge is 0.485 e. The van der Waals surface area contributed by atoms with E-state index < -0.39 is 40.0 Å². The fraction of sp³-hybridized carbons (Fsp3) is 0.481. The summed E-state index contributed by atoms with van der Waals surface area (Å²) in [6.07, 6.45) is 2.95. The number of fused-ring (bicyclic) bond motifs is 2. The van der Waals surface area contributed by atoms with Crippen LogP contribution in [0.4, 0.5) is 10.1 Å². The van der Waals surface area contributed by atoms with Gasteiger partial charge >= 0.3 is 0 Å². The van der Waals surface area contributed by atoms with E-state index in [-0.39, 0.29) is 13.2 Å². The second-order valence-electron chi connectivity index (χ2n) is 10.1. The van der Waals surface area contributed by atoms with Crippen LogP contribution in [-0.2, 0) is 25.6 Å². The van der Waals surface area contributed by atoms with Gasteiger partial charge in [0.1, 0.15) is 36.2 Å². The van der Waals surface area contributed by atoms with Gasteiger partial charge in [0.15, 0.2) is 6.10 Å². The molecule has 37 heavy (non-hydrogen) atoms. The number of aryl methyl sites for hydroxylation is 1. The van der Waals surface area contributed by atoms with Crippen molar-refractivity contribution in [3.05, 3.63) is 59.3 Å². The fourth-order valence-corrected chi connectivity index (χ4v) is 7.72. The highest BCUT2D eigenvalue weighted by atomic mass is 32.2. The maximum atomic E-state index is 14.2. The van der Waals surface area contributed by atoms with Gasteiger partial charge in [-0.3, -0.25) is 0 Å². The van der Waals surface area contributed by atoms with Crippen LogP contribution in [0.25, 0.3) is 10.9 Å². The average molecular weight is 528 g/mol. The summed E-state index contributed by atoms with van der Waals surface area (Å²) in [5.74, 6) is 1.27. The van der Waals surface area contributed by atoms with Crippen molar-refractivity contribution in [1.82, 2.24) is 9.97 Å². The smallest absolute Gasteiger partial charge is 0.151 e. The predicted octanol–water partition coefficient (Wildman–Crippen LogP) is 3.86. The van der Waals surface area contributed by atoms with Crippen molar-refractivity contribution in [2.75, 3.05) is 24.7 Å². The van der Waals surface area contributed by atoms with Crippen LogP contribution in [0.3, 0.4) is 0 Å². The maximum absolute atomic E-state index is 14.2. The van der Waals surface area contributed by atoms with Crippen molar-refractivity contribution in [3.63, 3.8) is 0 Å². The van der Waals surface area contributed by atoms with Gasteiger partial charge in [-0.15, -0.1) is 0 Å². The molecular weight excluding hydrogens is 497 g/mol. The lowest BCUT2D eigenvalue weighted by Gasteiger charge is -2.20. The Morgan fingerprint density at radius 2 is 1.92 bits per heavy atom. The van der Waals surface area contributed by atoms with Crippen molar-refractivity contribution in [3.8, 4) is 5.75 Å². The van der Waals surface area contributed by atoms with Gasteiger partial charge in [0, 0.05) is 34.9 Å². The minimum atomic E-state index is -2.22.